The van der Waals surface area contributed by atoms with Crippen molar-refractivity contribution < 1.29 is 0 Å². The smallest absolute Gasteiger partial charge is 0.157 e. The number of nitrogen functional groups attached to an aromatic ring is 1. The Kier molecular flexibility index (Phi) is 1.94. The lowest BCUT2D eigenvalue weighted by molar-refractivity contribution is 1.38. The molecule has 0 saturated heterocycles. The van der Waals surface area contributed by atoms with Crippen molar-refractivity contribution in [1.29, 1.82) is 0 Å². The average molecular weight is 260 g/mol. The largest absolute Gasteiger partial charge is 0.382 e. The molecular weight excluding hydrogens is 258 g/mol. The maximum Gasteiger partial charge on any atom is 0.157 e. The van der Waals surface area contributed by atoms with E-state index in [9.17, 15) is 0 Å². The van der Waals surface area contributed by atoms with E-state index in [1.165, 1.54) is 11.3 Å². The van der Waals surface area contributed by atoms with Crippen LogP contribution < -0.4 is 5.73 Å². The molecule has 0 amide bonds. The maximum atomic E-state index is 5.56. The quantitative estimate of drug-likeness (QED) is 0.725. The van der Waals surface area contributed by atoms with Crippen molar-refractivity contribution in [3.05, 3.63) is 7.35 Å². The molecular formula is C3H2ClIN2S. The summed E-state index contributed by atoms with van der Waals surface area (Å²) in [6.45, 7) is 0. The number of hydrogen-bond donors (Lipinski definition) is 1. The van der Waals surface area contributed by atoms with Gasteiger partial charge in [-0.15, -0.1) is 0 Å². The number of thiazole rings is 1. The van der Waals surface area contributed by atoms with E-state index in [0.717, 1.165) is 3.01 Å². The van der Waals surface area contributed by atoms with Crippen molar-refractivity contribution in [2.75, 3.05) is 5.73 Å². The lowest BCUT2D eigenvalue weighted by Crippen LogP contribution is -1.83. The van der Waals surface area contributed by atoms with Crippen molar-refractivity contribution in [1.82, 2.24) is 4.98 Å². The lowest BCUT2D eigenvalue weighted by atomic mass is 10.8. The highest BCUT2D eigenvalue weighted by Crippen LogP contribution is 2.26. The lowest BCUT2D eigenvalue weighted by Gasteiger charge is -1.76. The van der Waals surface area contributed by atoms with Gasteiger partial charge >= 0.3 is 0 Å². The van der Waals surface area contributed by atoms with Crippen molar-refractivity contribution >= 4 is 51.3 Å². The molecule has 0 saturated carbocycles. The molecule has 1 aromatic heterocycles. The molecule has 1 rings (SSSR count). The zero-order chi connectivity index (χ0) is 6.15. The summed E-state index contributed by atoms with van der Waals surface area (Å²) in [4.78, 5) is 3.86. The van der Waals surface area contributed by atoms with Crippen LogP contribution in [0, 0.1) is 3.01 Å². The van der Waals surface area contributed by atoms with Crippen molar-refractivity contribution in [3.8, 4) is 0 Å². The molecule has 0 fully saturated rings. The van der Waals surface area contributed by atoms with Crippen LogP contribution in [0.1, 0.15) is 0 Å². The van der Waals surface area contributed by atoms with Gasteiger partial charge in [0.15, 0.2) is 8.83 Å². The Balaban J connectivity index is 3.14. The summed E-state index contributed by atoms with van der Waals surface area (Å²) in [6, 6.07) is 0. The van der Waals surface area contributed by atoms with Crippen molar-refractivity contribution in [3.63, 3.8) is 0 Å². The zero-order valence-corrected chi connectivity index (χ0v) is 7.42. The second-order valence-electron chi connectivity index (χ2n) is 1.13. The summed E-state index contributed by atoms with van der Waals surface area (Å²) < 4.78 is 1.46. The molecule has 1 aromatic rings. The number of nitrogens with two attached hydrogens (primary N) is 1. The molecule has 44 valence electrons. The topological polar surface area (TPSA) is 38.9 Å². The first-order valence-corrected chi connectivity index (χ1v) is 4.05. The zero-order valence-electron chi connectivity index (χ0n) is 3.69. The Hall–Kier alpha value is 0.450. The molecule has 0 spiro atoms. The molecule has 2 nitrogen and oxygen atoms in total. The van der Waals surface area contributed by atoms with Gasteiger partial charge in [0.05, 0.1) is 0 Å². The second kappa shape index (κ2) is 2.36. The van der Waals surface area contributed by atoms with Crippen LogP contribution in [0.5, 0.6) is 0 Å². The van der Waals surface area contributed by atoms with E-state index in [0.29, 0.717) is 10.2 Å². The first-order chi connectivity index (χ1) is 3.70. The highest BCUT2D eigenvalue weighted by molar-refractivity contribution is 14.1. The normalized spacial score (nSPS) is 9.75. The van der Waals surface area contributed by atoms with E-state index in [1.54, 1.807) is 0 Å². The molecule has 0 aliphatic carbocycles. The molecule has 0 aliphatic heterocycles. The molecule has 2 N–H and O–H groups in total. The van der Waals surface area contributed by atoms with E-state index >= 15 is 0 Å². The third-order valence-electron chi connectivity index (χ3n) is 0.584. The number of aromatic nitrogens is 1. The predicted molar refractivity (Wildman–Crippen MR) is 44.3 cm³/mol. The van der Waals surface area contributed by atoms with Gasteiger partial charge in [-0.25, -0.2) is 4.98 Å². The summed E-state index contributed by atoms with van der Waals surface area (Å²) in [7, 11) is 0. The van der Waals surface area contributed by atoms with E-state index in [4.69, 9.17) is 17.3 Å². The maximum absolute atomic E-state index is 5.56. The van der Waals surface area contributed by atoms with Crippen LogP contribution in [0.2, 0.25) is 4.34 Å². The molecule has 8 heavy (non-hydrogen) atoms. The SMILES string of the molecule is Nc1nc(I)sc1Cl. The number of anilines is 1. The van der Waals surface area contributed by atoms with Gasteiger partial charge in [-0.2, -0.15) is 0 Å². The predicted octanol–water partition coefficient (Wildman–Crippen LogP) is 1.98. The number of rotatable bonds is 0. The highest BCUT2D eigenvalue weighted by atomic mass is 127. The Bertz CT molecular complexity index is 180. The monoisotopic (exact) mass is 260 g/mol. The summed E-state index contributed by atoms with van der Waals surface area (Å²) in [6.07, 6.45) is 0. The van der Waals surface area contributed by atoms with Crippen LogP contribution in [0.15, 0.2) is 0 Å². The molecule has 0 aliphatic rings. The van der Waals surface area contributed by atoms with Crippen LogP contribution in [0.3, 0.4) is 0 Å². The van der Waals surface area contributed by atoms with Crippen LogP contribution in [-0.2, 0) is 0 Å². The molecule has 0 aromatic carbocycles. The summed E-state index contributed by atoms with van der Waals surface area (Å²) in [5.74, 6) is 0.432. The molecule has 1 heterocycles. The van der Waals surface area contributed by atoms with E-state index < -0.39 is 0 Å². The number of nitrogens with zero attached hydrogens (tertiary/aromatic N) is 1. The first kappa shape index (κ1) is 6.57. The van der Waals surface area contributed by atoms with E-state index in [1.807, 2.05) is 0 Å². The third-order valence-corrected chi connectivity index (χ3v) is 2.56. The number of halogens is 2. The fourth-order valence-corrected chi connectivity index (χ4v) is 2.30. The van der Waals surface area contributed by atoms with Crippen molar-refractivity contribution in [2.24, 2.45) is 0 Å². The van der Waals surface area contributed by atoms with Gasteiger partial charge in [-0.05, 0) is 22.6 Å². The first-order valence-electron chi connectivity index (χ1n) is 1.77. The minimum Gasteiger partial charge on any atom is -0.382 e. The van der Waals surface area contributed by atoms with Crippen molar-refractivity contribution in [2.45, 2.75) is 0 Å². The van der Waals surface area contributed by atoms with E-state index in [2.05, 4.69) is 27.6 Å². The van der Waals surface area contributed by atoms with Gasteiger partial charge in [-0.1, -0.05) is 22.9 Å². The highest BCUT2D eigenvalue weighted by Gasteiger charge is 2.00. The van der Waals surface area contributed by atoms with Crippen LogP contribution in [-0.4, -0.2) is 4.98 Å². The fourth-order valence-electron chi connectivity index (χ4n) is 0.288. The summed E-state index contributed by atoms with van der Waals surface area (Å²) >= 11 is 9.01. The molecule has 0 unspecified atom stereocenters. The fraction of sp³-hybridized carbons (Fsp3) is 0. The molecule has 0 atom stereocenters. The van der Waals surface area contributed by atoms with Gasteiger partial charge in [0.1, 0.15) is 4.34 Å². The Morgan fingerprint density at radius 1 is 1.75 bits per heavy atom. The minimum atomic E-state index is 0.432. The summed E-state index contributed by atoms with van der Waals surface area (Å²) in [5.41, 5.74) is 5.30. The van der Waals surface area contributed by atoms with Gasteiger partial charge in [0.25, 0.3) is 0 Å². The second-order valence-corrected chi connectivity index (χ2v) is 4.48. The van der Waals surface area contributed by atoms with Gasteiger partial charge in [0.2, 0.25) is 0 Å². The molecule has 0 radical (unpaired) electrons. The standard InChI is InChI=1S/C3H2ClIN2S/c4-1-2(6)7-3(5)8-1/h6H2. The minimum absolute atomic E-state index is 0.432. The average Bonchev–Trinajstić information content (AvgIpc) is 1.85. The van der Waals surface area contributed by atoms with Crippen LogP contribution >= 0.6 is 45.5 Å². The molecule has 0 bridgehead atoms. The van der Waals surface area contributed by atoms with Gasteiger partial charge in [-0.3, -0.25) is 0 Å². The molecule has 5 heteroatoms. The summed E-state index contributed by atoms with van der Waals surface area (Å²) in [5, 5.41) is 0. The Morgan fingerprint density at radius 3 is 2.50 bits per heavy atom. The van der Waals surface area contributed by atoms with Crippen LogP contribution in [0.4, 0.5) is 5.82 Å². The third kappa shape index (κ3) is 1.24. The Labute approximate surface area is 69.2 Å². The van der Waals surface area contributed by atoms with Gasteiger partial charge in [0, 0.05) is 0 Å². The Morgan fingerprint density at radius 2 is 2.38 bits per heavy atom. The number of hydrogen-bond acceptors (Lipinski definition) is 3. The van der Waals surface area contributed by atoms with Gasteiger partial charge < -0.3 is 5.73 Å². The van der Waals surface area contributed by atoms with Crippen LogP contribution in [0.25, 0.3) is 0 Å². The van der Waals surface area contributed by atoms with E-state index in [-0.39, 0.29) is 0 Å².